The minimum absolute atomic E-state index is 0.171. The summed E-state index contributed by atoms with van der Waals surface area (Å²) in [7, 11) is 0. The average Bonchev–Trinajstić information content (AvgIpc) is 2.04. The summed E-state index contributed by atoms with van der Waals surface area (Å²) in [5.41, 5.74) is -0.969. The highest BCUT2D eigenvalue weighted by Crippen LogP contribution is 2.27. The van der Waals surface area contributed by atoms with Crippen LogP contribution < -0.4 is 0 Å². The summed E-state index contributed by atoms with van der Waals surface area (Å²) in [6.45, 7) is 0. The van der Waals surface area contributed by atoms with Crippen molar-refractivity contribution in [3.8, 4) is 0 Å². The van der Waals surface area contributed by atoms with Crippen LogP contribution in [0.5, 0.6) is 0 Å². The van der Waals surface area contributed by atoms with Crippen LogP contribution in [0.4, 0.5) is 11.4 Å². The lowest BCUT2D eigenvalue weighted by molar-refractivity contribution is -0.394. The van der Waals surface area contributed by atoms with E-state index in [4.69, 9.17) is 11.6 Å². The Balaban J connectivity index is 3.27. The summed E-state index contributed by atoms with van der Waals surface area (Å²) >= 11 is 5.40. The quantitative estimate of drug-likeness (QED) is 0.541. The van der Waals surface area contributed by atoms with E-state index in [2.05, 4.69) is 6.07 Å². The SMILES string of the molecule is O=[N+]([O-])c1[c]cc(Cl)c([N+](=O)[O-])c1. The molecular formula is C6H2ClN2O4. The van der Waals surface area contributed by atoms with Crippen LogP contribution in [0.15, 0.2) is 12.1 Å². The van der Waals surface area contributed by atoms with Crippen LogP contribution in [0.1, 0.15) is 0 Å². The number of hydrogen-bond acceptors (Lipinski definition) is 4. The van der Waals surface area contributed by atoms with Gasteiger partial charge in [-0.15, -0.1) is 0 Å². The van der Waals surface area contributed by atoms with Crippen LogP contribution in [0.25, 0.3) is 0 Å². The van der Waals surface area contributed by atoms with E-state index in [1.165, 1.54) is 0 Å². The van der Waals surface area contributed by atoms with Gasteiger partial charge in [-0.2, -0.15) is 0 Å². The van der Waals surface area contributed by atoms with E-state index in [1.807, 2.05) is 0 Å². The third kappa shape index (κ3) is 1.91. The van der Waals surface area contributed by atoms with Gasteiger partial charge >= 0.3 is 0 Å². The highest BCUT2D eigenvalue weighted by atomic mass is 35.5. The second-order valence-corrected chi connectivity index (χ2v) is 2.47. The zero-order chi connectivity index (χ0) is 10.0. The molecule has 0 aromatic heterocycles. The largest absolute Gasteiger partial charge is 0.294 e. The summed E-state index contributed by atoms with van der Waals surface area (Å²) in [5.74, 6) is 0. The first-order valence-electron chi connectivity index (χ1n) is 3.02. The molecule has 0 saturated carbocycles. The molecule has 1 aromatic carbocycles. The summed E-state index contributed by atoms with van der Waals surface area (Å²) in [6.07, 6.45) is 0. The van der Waals surface area contributed by atoms with Crippen molar-refractivity contribution < 1.29 is 9.85 Å². The number of non-ortho nitro benzene ring substituents is 1. The van der Waals surface area contributed by atoms with E-state index in [0.717, 1.165) is 12.1 Å². The molecule has 0 fully saturated rings. The maximum atomic E-state index is 10.3. The van der Waals surface area contributed by atoms with Gasteiger partial charge in [0.15, 0.2) is 0 Å². The monoisotopic (exact) mass is 201 g/mol. The highest BCUT2D eigenvalue weighted by Gasteiger charge is 2.17. The van der Waals surface area contributed by atoms with E-state index in [9.17, 15) is 20.2 Å². The molecule has 0 bridgehead atoms. The number of nitrogens with zero attached hydrogens (tertiary/aromatic N) is 2. The fourth-order valence-corrected chi connectivity index (χ4v) is 0.875. The summed E-state index contributed by atoms with van der Waals surface area (Å²) in [4.78, 5) is 18.9. The van der Waals surface area contributed by atoms with Crippen molar-refractivity contribution >= 4 is 23.0 Å². The van der Waals surface area contributed by atoms with Gasteiger partial charge in [0, 0.05) is 0 Å². The van der Waals surface area contributed by atoms with Crippen molar-refractivity contribution in [3.63, 3.8) is 0 Å². The Bertz CT molecular complexity index is 379. The molecule has 0 unspecified atom stereocenters. The van der Waals surface area contributed by atoms with Crippen molar-refractivity contribution in [2.45, 2.75) is 0 Å². The fraction of sp³-hybridized carbons (Fsp3) is 0. The molecule has 1 rings (SSSR count). The molecule has 0 saturated heterocycles. The molecule has 0 amide bonds. The van der Waals surface area contributed by atoms with Gasteiger partial charge in [0.2, 0.25) is 0 Å². The van der Waals surface area contributed by atoms with E-state index < -0.39 is 21.2 Å². The Labute approximate surface area is 77.0 Å². The van der Waals surface area contributed by atoms with Gasteiger partial charge in [0.25, 0.3) is 11.4 Å². The van der Waals surface area contributed by atoms with Crippen molar-refractivity contribution in [2.24, 2.45) is 0 Å². The van der Waals surface area contributed by atoms with Crippen LogP contribution in [0, 0.1) is 26.3 Å². The Morgan fingerprint density at radius 3 is 2.38 bits per heavy atom. The molecule has 0 N–H and O–H groups in total. The lowest BCUT2D eigenvalue weighted by Gasteiger charge is -1.93. The third-order valence-electron chi connectivity index (χ3n) is 1.26. The molecular weight excluding hydrogens is 200 g/mol. The smallest absolute Gasteiger partial charge is 0.258 e. The molecule has 0 aliphatic carbocycles. The zero-order valence-corrected chi connectivity index (χ0v) is 6.82. The second kappa shape index (κ2) is 3.36. The summed E-state index contributed by atoms with van der Waals surface area (Å²) in [5, 5.41) is 20.3. The molecule has 0 heterocycles. The van der Waals surface area contributed by atoms with Gasteiger partial charge in [-0.1, -0.05) is 11.6 Å². The van der Waals surface area contributed by atoms with Crippen LogP contribution >= 0.6 is 11.6 Å². The van der Waals surface area contributed by atoms with E-state index in [-0.39, 0.29) is 5.02 Å². The fourth-order valence-electron chi connectivity index (χ4n) is 0.697. The molecule has 13 heavy (non-hydrogen) atoms. The molecule has 7 heteroatoms. The first kappa shape index (κ1) is 9.40. The van der Waals surface area contributed by atoms with Gasteiger partial charge in [-0.25, -0.2) is 0 Å². The topological polar surface area (TPSA) is 86.3 Å². The van der Waals surface area contributed by atoms with Crippen molar-refractivity contribution in [2.75, 3.05) is 0 Å². The Hall–Kier alpha value is -1.69. The number of halogens is 1. The molecule has 0 aliphatic rings. The lowest BCUT2D eigenvalue weighted by Crippen LogP contribution is -1.93. The molecule has 0 spiro atoms. The third-order valence-corrected chi connectivity index (χ3v) is 1.56. The summed E-state index contributed by atoms with van der Waals surface area (Å²) in [6, 6.07) is 3.96. The van der Waals surface area contributed by atoms with Crippen LogP contribution in [-0.4, -0.2) is 9.85 Å². The minimum Gasteiger partial charge on any atom is -0.258 e. The standard InChI is InChI=1S/C6H2ClN2O4/c7-5-2-1-4(8(10)11)3-6(5)9(12)13/h2-3H. The molecule has 0 atom stereocenters. The molecule has 6 nitrogen and oxygen atoms in total. The van der Waals surface area contributed by atoms with E-state index in [0.29, 0.717) is 0 Å². The van der Waals surface area contributed by atoms with Crippen molar-refractivity contribution in [1.82, 2.24) is 0 Å². The van der Waals surface area contributed by atoms with Crippen molar-refractivity contribution in [1.29, 1.82) is 0 Å². The number of nitro groups is 2. The normalized spacial score (nSPS) is 9.62. The van der Waals surface area contributed by atoms with Gasteiger partial charge in [0.05, 0.1) is 22.0 Å². The van der Waals surface area contributed by atoms with Gasteiger partial charge < -0.3 is 0 Å². The Kier molecular flexibility index (Phi) is 2.43. The number of nitro benzene ring substituents is 2. The van der Waals surface area contributed by atoms with Gasteiger partial charge in [-0.05, 0) is 6.07 Å². The molecule has 67 valence electrons. The highest BCUT2D eigenvalue weighted by molar-refractivity contribution is 6.32. The van der Waals surface area contributed by atoms with Crippen LogP contribution in [0.3, 0.4) is 0 Å². The van der Waals surface area contributed by atoms with Gasteiger partial charge in [-0.3, -0.25) is 20.2 Å². The summed E-state index contributed by atoms with van der Waals surface area (Å²) < 4.78 is 0. The number of benzene rings is 1. The first-order chi connectivity index (χ1) is 6.02. The van der Waals surface area contributed by atoms with Crippen LogP contribution in [-0.2, 0) is 0 Å². The first-order valence-corrected chi connectivity index (χ1v) is 3.40. The molecule has 0 aliphatic heterocycles. The average molecular weight is 202 g/mol. The van der Waals surface area contributed by atoms with Gasteiger partial charge in [0.1, 0.15) is 5.02 Å². The van der Waals surface area contributed by atoms with Crippen molar-refractivity contribution in [3.05, 3.63) is 43.5 Å². The van der Waals surface area contributed by atoms with Crippen LogP contribution in [0.2, 0.25) is 5.02 Å². The number of rotatable bonds is 2. The Morgan fingerprint density at radius 1 is 1.31 bits per heavy atom. The zero-order valence-electron chi connectivity index (χ0n) is 6.06. The molecule has 1 aromatic rings. The molecule has 1 radical (unpaired) electrons. The number of hydrogen-bond donors (Lipinski definition) is 0. The van der Waals surface area contributed by atoms with E-state index in [1.54, 1.807) is 0 Å². The maximum absolute atomic E-state index is 10.3. The Morgan fingerprint density at radius 2 is 1.92 bits per heavy atom. The second-order valence-electron chi connectivity index (χ2n) is 2.07. The maximum Gasteiger partial charge on any atom is 0.294 e. The van der Waals surface area contributed by atoms with E-state index >= 15 is 0 Å². The predicted octanol–water partition coefficient (Wildman–Crippen LogP) is 1.96. The predicted molar refractivity (Wildman–Crippen MR) is 43.6 cm³/mol. The minimum atomic E-state index is -0.789. The lowest BCUT2D eigenvalue weighted by atomic mass is 10.3.